The highest BCUT2D eigenvalue weighted by Crippen LogP contribution is 2.26. The molecule has 1 aliphatic heterocycles. The van der Waals surface area contributed by atoms with Gasteiger partial charge in [0.1, 0.15) is 0 Å². The van der Waals surface area contributed by atoms with Crippen molar-refractivity contribution in [3.63, 3.8) is 0 Å². The third-order valence-corrected chi connectivity index (χ3v) is 4.20. The van der Waals surface area contributed by atoms with Gasteiger partial charge in [-0.25, -0.2) is 10.8 Å². The van der Waals surface area contributed by atoms with E-state index < -0.39 is 0 Å². The molecule has 0 aliphatic carbocycles. The maximum Gasteiger partial charge on any atom is 0.197 e. The van der Waals surface area contributed by atoms with Gasteiger partial charge in [-0.2, -0.15) is 0 Å². The normalized spacial score (nSPS) is 26.1. The van der Waals surface area contributed by atoms with Crippen LogP contribution in [-0.4, -0.2) is 35.7 Å². The number of likely N-dealkylation sites (tertiary alicyclic amines) is 1. The molecule has 17 heavy (non-hydrogen) atoms. The van der Waals surface area contributed by atoms with E-state index in [0.29, 0.717) is 0 Å². The molecular formula is C11H20N4OS. The number of nitrogens with zero attached hydrogens (tertiary/aromatic N) is 2. The molecule has 0 bridgehead atoms. The minimum Gasteiger partial charge on any atom is -0.377 e. The van der Waals surface area contributed by atoms with E-state index in [4.69, 9.17) is 10.6 Å². The number of anilines is 1. The summed E-state index contributed by atoms with van der Waals surface area (Å²) in [7, 11) is 1.80. The van der Waals surface area contributed by atoms with Crippen molar-refractivity contribution in [2.24, 2.45) is 5.84 Å². The molecule has 3 N–H and O–H groups in total. The molecule has 2 heterocycles. The van der Waals surface area contributed by atoms with Crippen molar-refractivity contribution in [3.8, 4) is 0 Å². The van der Waals surface area contributed by atoms with Crippen molar-refractivity contribution in [1.82, 2.24) is 9.88 Å². The van der Waals surface area contributed by atoms with Gasteiger partial charge >= 0.3 is 0 Å². The van der Waals surface area contributed by atoms with Gasteiger partial charge in [0.15, 0.2) is 5.13 Å². The highest BCUT2D eigenvalue weighted by Gasteiger charge is 2.30. The third-order valence-electron chi connectivity index (χ3n) is 3.29. The number of thiazole rings is 1. The van der Waals surface area contributed by atoms with Crippen molar-refractivity contribution < 1.29 is 4.74 Å². The van der Waals surface area contributed by atoms with Crippen LogP contribution in [0.3, 0.4) is 0 Å². The zero-order chi connectivity index (χ0) is 12.3. The number of aromatic nitrogens is 1. The van der Waals surface area contributed by atoms with E-state index >= 15 is 0 Å². The summed E-state index contributed by atoms with van der Waals surface area (Å²) in [6.07, 6.45) is 4.21. The molecule has 1 saturated heterocycles. The second-order valence-electron chi connectivity index (χ2n) is 4.74. The summed E-state index contributed by atoms with van der Waals surface area (Å²) in [5, 5.41) is 0.770. The first kappa shape index (κ1) is 12.8. The Hall–Kier alpha value is -0.690. The Morgan fingerprint density at radius 2 is 2.53 bits per heavy atom. The number of hydrazine groups is 1. The average Bonchev–Trinajstić information content (AvgIpc) is 2.77. The minimum atomic E-state index is -0.00210. The van der Waals surface area contributed by atoms with Gasteiger partial charge in [-0.1, -0.05) is 11.3 Å². The van der Waals surface area contributed by atoms with E-state index in [9.17, 15) is 0 Å². The number of ether oxygens (including phenoxy) is 1. The molecule has 2 rings (SSSR count). The highest BCUT2D eigenvalue weighted by atomic mass is 32.1. The number of nitrogens with two attached hydrogens (primary N) is 1. The summed E-state index contributed by atoms with van der Waals surface area (Å²) in [6.45, 7) is 5.21. The first-order valence-corrected chi connectivity index (χ1v) is 6.66. The van der Waals surface area contributed by atoms with Crippen LogP contribution in [0, 0.1) is 0 Å². The Kier molecular flexibility index (Phi) is 3.98. The summed E-state index contributed by atoms with van der Waals surface area (Å²) in [6, 6.07) is 0. The van der Waals surface area contributed by atoms with Crippen molar-refractivity contribution in [1.29, 1.82) is 0 Å². The van der Waals surface area contributed by atoms with Gasteiger partial charge in [-0.15, -0.1) is 0 Å². The van der Waals surface area contributed by atoms with Crippen LogP contribution in [0.25, 0.3) is 0 Å². The monoisotopic (exact) mass is 256 g/mol. The van der Waals surface area contributed by atoms with E-state index in [1.54, 1.807) is 18.4 Å². The zero-order valence-corrected chi connectivity index (χ0v) is 11.2. The molecule has 5 nitrogen and oxygen atoms in total. The van der Waals surface area contributed by atoms with Gasteiger partial charge in [0.2, 0.25) is 0 Å². The molecule has 1 atom stereocenters. The van der Waals surface area contributed by atoms with Gasteiger partial charge in [0, 0.05) is 31.3 Å². The Balaban J connectivity index is 1.94. The van der Waals surface area contributed by atoms with Crippen molar-refractivity contribution in [3.05, 3.63) is 11.1 Å². The number of nitrogen functional groups attached to an aromatic ring is 1. The van der Waals surface area contributed by atoms with Crippen LogP contribution >= 0.6 is 11.3 Å². The standard InChI is InChI=1S/C11H20N4OS/c1-11(16-2)4-3-5-15(8-11)7-9-6-13-10(14-12)17-9/h6H,3-5,7-8,12H2,1-2H3,(H,13,14). The Morgan fingerprint density at radius 3 is 3.18 bits per heavy atom. The van der Waals surface area contributed by atoms with Crippen LogP contribution in [0.5, 0.6) is 0 Å². The fourth-order valence-corrected chi connectivity index (χ4v) is 3.04. The largest absolute Gasteiger partial charge is 0.377 e. The lowest BCUT2D eigenvalue weighted by Gasteiger charge is -2.39. The molecule has 0 aromatic carbocycles. The van der Waals surface area contributed by atoms with Crippen LogP contribution in [0.4, 0.5) is 5.13 Å². The lowest BCUT2D eigenvalue weighted by atomic mass is 9.95. The van der Waals surface area contributed by atoms with E-state index in [2.05, 4.69) is 22.2 Å². The minimum absolute atomic E-state index is 0.00210. The lowest BCUT2D eigenvalue weighted by Crippen LogP contribution is -2.46. The quantitative estimate of drug-likeness (QED) is 0.630. The molecule has 6 heteroatoms. The molecule has 1 aliphatic rings. The van der Waals surface area contributed by atoms with Crippen molar-refractivity contribution in [2.45, 2.75) is 31.9 Å². The van der Waals surface area contributed by atoms with Gasteiger partial charge in [0.25, 0.3) is 0 Å². The molecule has 0 radical (unpaired) electrons. The van der Waals surface area contributed by atoms with Gasteiger partial charge in [-0.3, -0.25) is 10.3 Å². The maximum absolute atomic E-state index is 5.59. The second-order valence-corrected chi connectivity index (χ2v) is 5.86. The predicted molar refractivity (Wildman–Crippen MR) is 69.8 cm³/mol. The zero-order valence-electron chi connectivity index (χ0n) is 10.4. The molecule has 1 aromatic heterocycles. The summed E-state index contributed by atoms with van der Waals surface area (Å²) >= 11 is 1.60. The first-order chi connectivity index (χ1) is 8.15. The first-order valence-electron chi connectivity index (χ1n) is 5.84. The number of nitrogens with one attached hydrogen (secondary N) is 1. The van der Waals surface area contributed by atoms with Gasteiger partial charge in [-0.05, 0) is 26.3 Å². The highest BCUT2D eigenvalue weighted by molar-refractivity contribution is 7.15. The average molecular weight is 256 g/mol. The topological polar surface area (TPSA) is 63.4 Å². The molecule has 1 fully saturated rings. The number of methoxy groups -OCH3 is 1. The van der Waals surface area contributed by atoms with Crippen molar-refractivity contribution in [2.75, 3.05) is 25.6 Å². The van der Waals surface area contributed by atoms with E-state index in [-0.39, 0.29) is 5.60 Å². The Bertz CT molecular complexity index is 370. The van der Waals surface area contributed by atoms with Crippen LogP contribution in [-0.2, 0) is 11.3 Å². The van der Waals surface area contributed by atoms with Crippen molar-refractivity contribution >= 4 is 16.5 Å². The molecule has 0 amide bonds. The fraction of sp³-hybridized carbons (Fsp3) is 0.727. The number of hydrogen-bond acceptors (Lipinski definition) is 6. The predicted octanol–water partition coefficient (Wildman–Crippen LogP) is 1.43. The van der Waals surface area contributed by atoms with Crippen LogP contribution < -0.4 is 11.3 Å². The van der Waals surface area contributed by atoms with Crippen LogP contribution in [0.15, 0.2) is 6.20 Å². The SMILES string of the molecule is COC1(C)CCCN(Cc2cnc(NN)s2)C1. The maximum atomic E-state index is 5.59. The molecule has 0 saturated carbocycles. The van der Waals surface area contributed by atoms with Crippen LogP contribution in [0.1, 0.15) is 24.6 Å². The number of hydrogen-bond donors (Lipinski definition) is 2. The fourth-order valence-electron chi connectivity index (χ4n) is 2.28. The van der Waals surface area contributed by atoms with Gasteiger partial charge in [0.05, 0.1) is 5.60 Å². The smallest absolute Gasteiger partial charge is 0.197 e. The van der Waals surface area contributed by atoms with Crippen LogP contribution in [0.2, 0.25) is 0 Å². The van der Waals surface area contributed by atoms with E-state index in [1.165, 1.54) is 11.3 Å². The third kappa shape index (κ3) is 3.16. The molecule has 1 aromatic rings. The summed E-state index contributed by atoms with van der Waals surface area (Å²) in [5.41, 5.74) is 2.57. The summed E-state index contributed by atoms with van der Waals surface area (Å²) < 4.78 is 5.59. The Labute approximate surface area is 106 Å². The Morgan fingerprint density at radius 1 is 1.71 bits per heavy atom. The molecule has 1 unspecified atom stereocenters. The summed E-state index contributed by atoms with van der Waals surface area (Å²) in [4.78, 5) is 7.83. The second kappa shape index (κ2) is 5.30. The number of piperidine rings is 1. The molecular weight excluding hydrogens is 236 g/mol. The van der Waals surface area contributed by atoms with E-state index in [0.717, 1.165) is 31.2 Å². The summed E-state index contributed by atoms with van der Waals surface area (Å²) in [5.74, 6) is 5.33. The number of rotatable bonds is 4. The molecule has 0 spiro atoms. The molecule has 96 valence electrons. The van der Waals surface area contributed by atoms with E-state index in [1.807, 2.05) is 6.20 Å². The lowest BCUT2D eigenvalue weighted by molar-refractivity contribution is -0.0525. The van der Waals surface area contributed by atoms with Gasteiger partial charge < -0.3 is 4.74 Å².